The lowest BCUT2D eigenvalue weighted by molar-refractivity contribution is -0.115. The third-order valence-electron chi connectivity index (χ3n) is 5.33. The molecule has 1 aliphatic rings. The molecule has 1 amide bonds. The van der Waals surface area contributed by atoms with E-state index in [2.05, 4.69) is 10.6 Å². The van der Waals surface area contributed by atoms with Gasteiger partial charge in [0.2, 0.25) is 22.7 Å². The molecule has 0 saturated carbocycles. The lowest BCUT2D eigenvalue weighted by atomic mass is 9.94. The van der Waals surface area contributed by atoms with Crippen molar-refractivity contribution in [2.24, 2.45) is 0 Å². The van der Waals surface area contributed by atoms with Gasteiger partial charge >= 0.3 is 0 Å². The number of carbonyl (C=O) groups is 1. The van der Waals surface area contributed by atoms with Crippen LogP contribution in [0.5, 0.6) is 11.5 Å². The van der Waals surface area contributed by atoms with Crippen LogP contribution in [-0.4, -0.2) is 45.1 Å². The summed E-state index contributed by atoms with van der Waals surface area (Å²) in [6, 6.07) is 11.7. The molecule has 0 fully saturated rings. The summed E-state index contributed by atoms with van der Waals surface area (Å²) in [5.74, 6) is 1.17. The van der Waals surface area contributed by atoms with Crippen molar-refractivity contribution in [3.05, 3.63) is 48.0 Å². The van der Waals surface area contributed by atoms with E-state index >= 15 is 0 Å². The molecule has 9 heteroatoms. The van der Waals surface area contributed by atoms with Crippen LogP contribution in [0, 0.1) is 0 Å². The quantitative estimate of drug-likeness (QED) is 0.646. The van der Waals surface area contributed by atoms with Crippen molar-refractivity contribution < 1.29 is 22.7 Å². The van der Waals surface area contributed by atoms with Crippen molar-refractivity contribution >= 4 is 21.6 Å². The summed E-state index contributed by atoms with van der Waals surface area (Å²) < 4.78 is 37.1. The third-order valence-corrected chi connectivity index (χ3v) is 7.38. The topological polar surface area (TPSA) is 97.0 Å². The predicted molar refractivity (Wildman–Crippen MR) is 119 cm³/mol. The number of sulfonamides is 1. The molecule has 0 aromatic heterocycles. The predicted octanol–water partition coefficient (Wildman–Crippen LogP) is 2.91. The highest BCUT2D eigenvalue weighted by Crippen LogP contribution is 2.35. The second kappa shape index (κ2) is 8.86. The molecule has 0 atom stereocenters. The average molecular weight is 448 g/mol. The van der Waals surface area contributed by atoms with Gasteiger partial charge in [-0.05, 0) is 69.7 Å². The second-order valence-corrected chi connectivity index (χ2v) is 10.2. The summed E-state index contributed by atoms with van der Waals surface area (Å²) in [5, 5.41) is 6.02. The first-order valence-corrected chi connectivity index (χ1v) is 11.5. The lowest BCUT2D eigenvalue weighted by Crippen LogP contribution is -2.41. The fourth-order valence-corrected chi connectivity index (χ4v) is 4.42. The summed E-state index contributed by atoms with van der Waals surface area (Å²) in [6.07, 6.45) is 0. The number of ether oxygens (including phenoxy) is 2. The second-order valence-electron chi connectivity index (χ2n) is 8.23. The zero-order chi connectivity index (χ0) is 22.8. The Morgan fingerprint density at radius 1 is 1.10 bits per heavy atom. The van der Waals surface area contributed by atoms with Gasteiger partial charge in [0, 0.05) is 24.3 Å². The first kappa shape index (κ1) is 23.1. The van der Waals surface area contributed by atoms with Crippen LogP contribution in [0.3, 0.4) is 0 Å². The number of hydrogen-bond donors (Lipinski definition) is 2. The summed E-state index contributed by atoms with van der Waals surface area (Å²) in [7, 11) is -2.01. The molecule has 0 spiro atoms. The van der Waals surface area contributed by atoms with Crippen LogP contribution >= 0.6 is 0 Å². The Kier molecular flexibility index (Phi) is 6.59. The van der Waals surface area contributed by atoms with Gasteiger partial charge in [0.1, 0.15) is 0 Å². The standard InChI is InChI=1S/C22H29N3O5S/c1-15(2)25(5)31(27,28)18-9-7-17(8-10-18)24-21(26)13-23-22(3,4)16-6-11-19-20(12-16)30-14-29-19/h6-12,15,23H,13-14H2,1-5H3,(H,24,26). The molecule has 1 aliphatic heterocycles. The molecule has 2 aromatic rings. The van der Waals surface area contributed by atoms with Crippen molar-refractivity contribution in [1.82, 2.24) is 9.62 Å². The number of fused-ring (bicyclic) bond motifs is 1. The van der Waals surface area contributed by atoms with Crippen molar-refractivity contribution in [2.45, 2.75) is 44.2 Å². The first-order valence-electron chi connectivity index (χ1n) is 10.0. The van der Waals surface area contributed by atoms with Crippen molar-refractivity contribution in [1.29, 1.82) is 0 Å². The van der Waals surface area contributed by atoms with E-state index in [0.717, 1.165) is 5.56 Å². The Morgan fingerprint density at radius 3 is 2.39 bits per heavy atom. The normalized spacial score (nSPS) is 13.6. The number of hydrogen-bond acceptors (Lipinski definition) is 6. The highest BCUT2D eigenvalue weighted by molar-refractivity contribution is 7.89. The minimum atomic E-state index is -3.56. The maximum Gasteiger partial charge on any atom is 0.243 e. The van der Waals surface area contributed by atoms with Gasteiger partial charge in [-0.15, -0.1) is 0 Å². The monoisotopic (exact) mass is 447 g/mol. The van der Waals surface area contributed by atoms with E-state index in [1.54, 1.807) is 19.2 Å². The highest BCUT2D eigenvalue weighted by atomic mass is 32.2. The fourth-order valence-electron chi connectivity index (χ4n) is 3.05. The van der Waals surface area contributed by atoms with Crippen LogP contribution < -0.4 is 20.1 Å². The van der Waals surface area contributed by atoms with Crippen molar-refractivity contribution in [3.63, 3.8) is 0 Å². The fraction of sp³-hybridized carbons (Fsp3) is 0.409. The van der Waals surface area contributed by atoms with Gasteiger partial charge in [-0.1, -0.05) is 6.07 Å². The first-order chi connectivity index (χ1) is 14.5. The maximum atomic E-state index is 12.5. The number of rotatable bonds is 8. The van der Waals surface area contributed by atoms with E-state index in [0.29, 0.717) is 17.2 Å². The molecule has 0 bridgehead atoms. The van der Waals surface area contributed by atoms with Crippen molar-refractivity contribution in [3.8, 4) is 11.5 Å². The molecule has 2 aromatic carbocycles. The van der Waals surface area contributed by atoms with Gasteiger partial charge in [-0.25, -0.2) is 8.42 Å². The van der Waals surface area contributed by atoms with Crippen molar-refractivity contribution in [2.75, 3.05) is 25.7 Å². The number of nitrogens with one attached hydrogen (secondary N) is 2. The van der Waals surface area contributed by atoms with Gasteiger partial charge in [-0.2, -0.15) is 4.31 Å². The molecule has 0 saturated heterocycles. The maximum absolute atomic E-state index is 12.5. The molecular formula is C22H29N3O5S. The number of benzene rings is 2. The Hall–Kier alpha value is -2.62. The Labute approximate surface area is 183 Å². The van der Waals surface area contributed by atoms with E-state index in [4.69, 9.17) is 9.47 Å². The van der Waals surface area contributed by atoms with E-state index in [1.807, 2.05) is 45.9 Å². The zero-order valence-electron chi connectivity index (χ0n) is 18.4. The minimum Gasteiger partial charge on any atom is -0.454 e. The van der Waals surface area contributed by atoms with Gasteiger partial charge in [0.05, 0.1) is 11.4 Å². The van der Waals surface area contributed by atoms with Crippen LogP contribution in [-0.2, 0) is 20.4 Å². The van der Waals surface area contributed by atoms with Crippen LogP contribution in [0.15, 0.2) is 47.4 Å². The van der Waals surface area contributed by atoms with Gasteiger partial charge in [0.25, 0.3) is 0 Å². The highest BCUT2D eigenvalue weighted by Gasteiger charge is 2.25. The molecule has 0 radical (unpaired) electrons. The summed E-state index contributed by atoms with van der Waals surface area (Å²) in [6.45, 7) is 7.86. The van der Waals surface area contributed by atoms with Crippen LogP contribution in [0.25, 0.3) is 0 Å². The van der Waals surface area contributed by atoms with Gasteiger partial charge in [0.15, 0.2) is 11.5 Å². The molecule has 3 rings (SSSR count). The van der Waals surface area contributed by atoms with E-state index in [-0.39, 0.29) is 30.2 Å². The lowest BCUT2D eigenvalue weighted by Gasteiger charge is -2.27. The number of anilines is 1. The van der Waals surface area contributed by atoms with Crippen LogP contribution in [0.2, 0.25) is 0 Å². The molecule has 168 valence electrons. The van der Waals surface area contributed by atoms with Crippen LogP contribution in [0.1, 0.15) is 33.3 Å². The van der Waals surface area contributed by atoms with Crippen LogP contribution in [0.4, 0.5) is 5.69 Å². The van der Waals surface area contributed by atoms with E-state index in [1.165, 1.54) is 16.4 Å². The number of carbonyl (C=O) groups excluding carboxylic acids is 1. The van der Waals surface area contributed by atoms with E-state index < -0.39 is 15.6 Å². The largest absolute Gasteiger partial charge is 0.454 e. The molecule has 2 N–H and O–H groups in total. The Balaban J connectivity index is 1.59. The Bertz CT molecular complexity index is 1050. The average Bonchev–Trinajstić information content (AvgIpc) is 3.20. The zero-order valence-corrected chi connectivity index (χ0v) is 19.2. The number of nitrogens with zero attached hydrogens (tertiary/aromatic N) is 1. The molecule has 8 nitrogen and oxygen atoms in total. The smallest absolute Gasteiger partial charge is 0.243 e. The molecule has 0 aliphatic carbocycles. The summed E-state index contributed by atoms with van der Waals surface area (Å²) in [5.41, 5.74) is 1.02. The van der Waals surface area contributed by atoms with E-state index in [9.17, 15) is 13.2 Å². The van der Waals surface area contributed by atoms with Gasteiger partial charge < -0.3 is 14.8 Å². The molecule has 1 heterocycles. The Morgan fingerprint density at radius 2 is 1.74 bits per heavy atom. The van der Waals surface area contributed by atoms with Gasteiger partial charge in [-0.3, -0.25) is 10.1 Å². The molecule has 31 heavy (non-hydrogen) atoms. The minimum absolute atomic E-state index is 0.0809. The number of amides is 1. The molecular weight excluding hydrogens is 418 g/mol. The molecule has 0 unspecified atom stereocenters. The summed E-state index contributed by atoms with van der Waals surface area (Å²) in [4.78, 5) is 12.6. The SMILES string of the molecule is CC(C)N(C)S(=O)(=O)c1ccc(NC(=O)CNC(C)(C)c2ccc3c(c2)OCO3)cc1. The summed E-state index contributed by atoms with van der Waals surface area (Å²) >= 11 is 0. The third kappa shape index (κ3) is 5.17.